The number of piperazine rings is 2. The molecule has 2 aliphatic rings. The zero-order valence-electron chi connectivity index (χ0n) is 34.5. The van der Waals surface area contributed by atoms with Gasteiger partial charge in [0.15, 0.2) is 10.3 Å². The Morgan fingerprint density at radius 1 is 0.550 bits per heavy atom. The lowest BCUT2D eigenvalue weighted by atomic mass is 10.1. The number of rotatable bonds is 12. The van der Waals surface area contributed by atoms with E-state index in [1.807, 2.05) is 74.7 Å². The molecule has 4 aromatic carbocycles. The zero-order valence-corrected chi connectivity index (χ0v) is 37.8. The van der Waals surface area contributed by atoms with Crippen LogP contribution >= 0.6 is 22.7 Å². The first-order valence-electron chi connectivity index (χ1n) is 20.3. The fourth-order valence-electron chi connectivity index (χ4n) is 7.06. The topological polar surface area (TPSA) is 116 Å². The number of benzene rings is 4. The van der Waals surface area contributed by atoms with Crippen molar-refractivity contribution < 1.29 is 21.6 Å². The predicted molar refractivity (Wildman–Crippen MR) is 245 cm³/mol. The van der Waals surface area contributed by atoms with E-state index in [4.69, 9.17) is 14.7 Å². The largest absolute Gasteiger partial charge is 0.494 e. The number of hydrogen-bond donors (Lipinski definition) is 0. The summed E-state index contributed by atoms with van der Waals surface area (Å²) in [5.74, 6) is 0.850. The zero-order chi connectivity index (χ0) is 42.3. The molecule has 0 radical (unpaired) electrons. The minimum absolute atomic E-state index is 0.355. The van der Waals surface area contributed by atoms with E-state index >= 15 is 0 Å². The van der Waals surface area contributed by atoms with E-state index < -0.39 is 20.0 Å². The molecule has 0 aliphatic carbocycles. The van der Waals surface area contributed by atoms with E-state index in [2.05, 4.69) is 46.4 Å². The van der Waals surface area contributed by atoms with Crippen molar-refractivity contribution in [2.24, 2.45) is 0 Å². The van der Waals surface area contributed by atoms with Crippen molar-refractivity contribution in [1.29, 1.82) is 0 Å². The van der Waals surface area contributed by atoms with Gasteiger partial charge in [0, 0.05) is 74.2 Å². The molecule has 6 aromatic rings. The minimum Gasteiger partial charge on any atom is -0.494 e. The van der Waals surface area contributed by atoms with Crippen molar-refractivity contribution in [3.63, 3.8) is 0 Å². The Morgan fingerprint density at radius 3 is 1.33 bits per heavy atom. The average Bonchev–Trinajstić information content (AvgIpc) is 3.97. The Bertz CT molecular complexity index is 2350. The fourth-order valence-corrected chi connectivity index (χ4v) is 11.7. The minimum atomic E-state index is -3.45. The summed E-state index contributed by atoms with van der Waals surface area (Å²) in [5, 5.41) is 6.00. The lowest BCUT2D eigenvalue weighted by Gasteiger charge is -2.33. The first-order chi connectivity index (χ1) is 28.9. The lowest BCUT2D eigenvalue weighted by molar-refractivity contribution is 0.340. The molecule has 0 amide bonds. The molecule has 0 N–H and O–H groups in total. The second-order valence-corrected chi connectivity index (χ2v) is 20.4. The van der Waals surface area contributed by atoms with E-state index in [0.717, 1.165) is 62.5 Å². The van der Waals surface area contributed by atoms with Crippen LogP contribution in [-0.2, 0) is 26.5 Å². The second-order valence-electron chi connectivity index (χ2n) is 14.8. The van der Waals surface area contributed by atoms with E-state index in [-0.39, 0.29) is 0 Å². The number of anilines is 2. The van der Waals surface area contributed by atoms with Crippen LogP contribution in [0.25, 0.3) is 22.5 Å². The van der Waals surface area contributed by atoms with Crippen molar-refractivity contribution >= 4 is 53.0 Å². The number of aryl methyl sites for hydroxylation is 3. The molecule has 11 nitrogen and oxygen atoms in total. The van der Waals surface area contributed by atoms with Crippen molar-refractivity contribution in [1.82, 2.24) is 18.6 Å². The van der Waals surface area contributed by atoms with Gasteiger partial charge in [0.05, 0.1) is 27.8 Å². The van der Waals surface area contributed by atoms with Gasteiger partial charge in [-0.05, 0) is 81.3 Å². The van der Waals surface area contributed by atoms with Crippen molar-refractivity contribution in [3.05, 3.63) is 125 Å². The quantitative estimate of drug-likeness (QED) is 0.119. The molecule has 2 fully saturated rings. The number of nitrogens with zero attached hydrogens (tertiary/aromatic N) is 6. The molecular formula is C45H52N6O5S4. The van der Waals surface area contributed by atoms with Crippen LogP contribution in [0, 0.1) is 13.8 Å². The van der Waals surface area contributed by atoms with Crippen LogP contribution in [-0.4, -0.2) is 94.4 Å². The summed E-state index contributed by atoms with van der Waals surface area (Å²) in [4.78, 5) is 14.6. The first-order valence-corrected chi connectivity index (χ1v) is 25.0. The fraction of sp³-hybridized carbons (Fsp3) is 0.333. The SMILES string of the molecule is CCCc1ccc(-c2csc(N3CCN(S(=O)(=O)c4ccc(C)cc4)CC3)n2)cc1.CCOc1ccc(-c2csc(N3CCN(S(=O)(=O)c4ccc(C)cc4)CC3)n2)cc1. The molecule has 316 valence electrons. The molecule has 0 spiro atoms. The predicted octanol–water partition coefficient (Wildman–Crippen LogP) is 8.61. The van der Waals surface area contributed by atoms with Crippen LogP contribution in [0.3, 0.4) is 0 Å². The van der Waals surface area contributed by atoms with Gasteiger partial charge in [-0.3, -0.25) is 0 Å². The van der Waals surface area contributed by atoms with Crippen LogP contribution in [0.1, 0.15) is 37.0 Å². The van der Waals surface area contributed by atoms with Gasteiger partial charge >= 0.3 is 0 Å². The first kappa shape index (κ1) is 43.4. The van der Waals surface area contributed by atoms with E-state index in [0.29, 0.717) is 68.8 Å². The molecule has 2 aromatic heterocycles. The van der Waals surface area contributed by atoms with E-state index in [9.17, 15) is 16.8 Å². The molecule has 0 unspecified atom stereocenters. The van der Waals surface area contributed by atoms with Gasteiger partial charge in [-0.1, -0.05) is 73.0 Å². The maximum atomic E-state index is 12.9. The number of ether oxygens (including phenoxy) is 1. The molecule has 2 aliphatic heterocycles. The normalized spacial score (nSPS) is 15.4. The highest BCUT2D eigenvalue weighted by atomic mass is 32.2. The molecule has 0 atom stereocenters. The molecule has 60 heavy (non-hydrogen) atoms. The summed E-state index contributed by atoms with van der Waals surface area (Å²) in [6.07, 6.45) is 2.24. The van der Waals surface area contributed by atoms with E-state index in [1.54, 1.807) is 55.5 Å². The Balaban J connectivity index is 0.000000181. The highest BCUT2D eigenvalue weighted by Crippen LogP contribution is 2.31. The molecule has 0 bridgehead atoms. The van der Waals surface area contributed by atoms with Gasteiger partial charge in [-0.2, -0.15) is 8.61 Å². The summed E-state index contributed by atoms with van der Waals surface area (Å²) < 4.78 is 60.2. The average molecular weight is 885 g/mol. The maximum absolute atomic E-state index is 12.9. The van der Waals surface area contributed by atoms with Gasteiger partial charge in [0.2, 0.25) is 20.0 Å². The van der Waals surface area contributed by atoms with Crippen LogP contribution in [0.2, 0.25) is 0 Å². The number of sulfonamides is 2. The molecule has 2 saturated heterocycles. The van der Waals surface area contributed by atoms with E-state index in [1.165, 1.54) is 5.56 Å². The van der Waals surface area contributed by atoms with Crippen molar-refractivity contribution in [2.75, 3.05) is 68.8 Å². The standard InChI is InChI=1S/C23H27N3O2S2.C22H25N3O3S2/c1-3-4-19-7-9-20(10-8-19)22-17-29-23(24-22)25-13-15-26(16-14-25)30(27,28)21-11-5-18(2)6-12-21;1-3-28-19-8-6-18(7-9-19)21-16-29-22(23-21)24-12-14-25(15-13-24)30(26,27)20-10-4-17(2)5-11-20/h5-12,17H,3-4,13-16H2,1-2H3;4-11,16H,3,12-15H2,1-2H3. The third kappa shape index (κ3) is 10.3. The maximum Gasteiger partial charge on any atom is 0.243 e. The van der Waals surface area contributed by atoms with Gasteiger partial charge in [0.1, 0.15) is 5.75 Å². The summed E-state index contributed by atoms with van der Waals surface area (Å²) >= 11 is 3.21. The van der Waals surface area contributed by atoms with Crippen LogP contribution in [0.4, 0.5) is 10.3 Å². The van der Waals surface area contributed by atoms with Crippen LogP contribution in [0.15, 0.2) is 118 Å². The number of hydrogen-bond acceptors (Lipinski definition) is 11. The van der Waals surface area contributed by atoms with Gasteiger partial charge in [0.25, 0.3) is 0 Å². The summed E-state index contributed by atoms with van der Waals surface area (Å²) in [6, 6.07) is 30.6. The Morgan fingerprint density at radius 2 is 0.950 bits per heavy atom. The smallest absolute Gasteiger partial charge is 0.243 e. The summed E-state index contributed by atoms with van der Waals surface area (Å²) in [7, 11) is -6.89. The third-order valence-corrected chi connectivity index (χ3v) is 16.2. The van der Waals surface area contributed by atoms with Crippen molar-refractivity contribution in [2.45, 2.75) is 50.3 Å². The lowest BCUT2D eigenvalue weighted by Crippen LogP contribution is -2.48. The molecule has 8 rings (SSSR count). The Labute approximate surface area is 363 Å². The monoisotopic (exact) mass is 884 g/mol. The van der Waals surface area contributed by atoms with Gasteiger partial charge < -0.3 is 14.5 Å². The van der Waals surface area contributed by atoms with Gasteiger partial charge in [-0.25, -0.2) is 26.8 Å². The van der Waals surface area contributed by atoms with Crippen LogP contribution < -0.4 is 14.5 Å². The van der Waals surface area contributed by atoms with Crippen molar-refractivity contribution in [3.8, 4) is 28.3 Å². The summed E-state index contributed by atoms with van der Waals surface area (Å²) in [5.41, 5.74) is 7.52. The molecule has 15 heteroatoms. The highest BCUT2D eigenvalue weighted by Gasteiger charge is 2.31. The molecular weight excluding hydrogens is 833 g/mol. The number of aromatic nitrogens is 2. The Kier molecular flexibility index (Phi) is 14.0. The summed E-state index contributed by atoms with van der Waals surface area (Å²) in [6.45, 7) is 13.1. The molecule has 4 heterocycles. The second kappa shape index (κ2) is 19.4. The Hall–Kier alpha value is -4.64. The van der Waals surface area contributed by atoms with Crippen LogP contribution in [0.5, 0.6) is 5.75 Å². The van der Waals surface area contributed by atoms with Gasteiger partial charge in [-0.15, -0.1) is 22.7 Å². The third-order valence-electron chi connectivity index (χ3n) is 10.6. The molecule has 0 saturated carbocycles. The number of thiazole rings is 2. The highest BCUT2D eigenvalue weighted by molar-refractivity contribution is 7.89.